The van der Waals surface area contributed by atoms with Crippen LogP contribution in [-0.2, 0) is 7.05 Å². The van der Waals surface area contributed by atoms with Gasteiger partial charge in [0.1, 0.15) is 5.69 Å². The van der Waals surface area contributed by atoms with Crippen molar-refractivity contribution in [3.63, 3.8) is 0 Å². The van der Waals surface area contributed by atoms with Crippen LogP contribution in [0.25, 0.3) is 10.2 Å². The van der Waals surface area contributed by atoms with Crippen LogP contribution in [-0.4, -0.2) is 20.7 Å². The average molecular weight is 286 g/mol. The first-order chi connectivity index (χ1) is 9.56. The highest BCUT2D eigenvalue weighted by Crippen LogP contribution is 2.30. The number of fused-ring (bicyclic) bond motifs is 1. The van der Waals surface area contributed by atoms with Crippen molar-refractivity contribution >= 4 is 32.6 Å². The third-order valence-electron chi connectivity index (χ3n) is 3.22. The van der Waals surface area contributed by atoms with Crippen LogP contribution >= 0.6 is 11.3 Å². The number of aryl methyl sites for hydroxylation is 3. The number of hydrogen-bond donors (Lipinski definition) is 1. The lowest BCUT2D eigenvalue weighted by molar-refractivity contribution is 0.101. The molecule has 0 aliphatic rings. The molecule has 0 spiro atoms. The van der Waals surface area contributed by atoms with Gasteiger partial charge in [-0.25, -0.2) is 4.98 Å². The van der Waals surface area contributed by atoms with Gasteiger partial charge in [-0.3, -0.25) is 14.8 Å². The summed E-state index contributed by atoms with van der Waals surface area (Å²) in [4.78, 5) is 16.6. The Hall–Kier alpha value is -2.21. The maximum Gasteiger partial charge on any atom is 0.275 e. The number of nitrogens with zero attached hydrogens (tertiary/aromatic N) is 3. The Labute approximate surface area is 120 Å². The highest BCUT2D eigenvalue weighted by Gasteiger charge is 2.14. The van der Waals surface area contributed by atoms with Crippen LogP contribution in [0.2, 0.25) is 0 Å². The highest BCUT2D eigenvalue weighted by atomic mass is 32.1. The number of rotatable bonds is 2. The van der Waals surface area contributed by atoms with Crippen molar-refractivity contribution in [1.29, 1.82) is 0 Å². The third kappa shape index (κ3) is 2.08. The second kappa shape index (κ2) is 4.72. The second-order valence-corrected chi connectivity index (χ2v) is 5.69. The first kappa shape index (κ1) is 12.8. The molecule has 0 unspecified atom stereocenters. The Morgan fingerprint density at radius 1 is 1.25 bits per heavy atom. The summed E-state index contributed by atoms with van der Waals surface area (Å²) < 4.78 is 2.66. The topological polar surface area (TPSA) is 59.8 Å². The molecule has 5 nitrogen and oxygen atoms in total. The molecular weight excluding hydrogens is 272 g/mol. The molecule has 6 heteroatoms. The first-order valence-corrected chi connectivity index (χ1v) is 7.04. The zero-order chi connectivity index (χ0) is 14.3. The van der Waals surface area contributed by atoms with E-state index in [0.717, 1.165) is 15.8 Å². The summed E-state index contributed by atoms with van der Waals surface area (Å²) in [7, 11) is 1.74. The number of aromatic nitrogens is 3. The zero-order valence-electron chi connectivity index (χ0n) is 11.5. The van der Waals surface area contributed by atoms with Crippen molar-refractivity contribution < 1.29 is 4.79 Å². The van der Waals surface area contributed by atoms with Crippen LogP contribution in [0.1, 0.15) is 21.6 Å². The van der Waals surface area contributed by atoms with Crippen LogP contribution < -0.4 is 5.32 Å². The van der Waals surface area contributed by atoms with Crippen LogP contribution in [0.15, 0.2) is 24.4 Å². The van der Waals surface area contributed by atoms with Crippen LogP contribution in [0.5, 0.6) is 0 Å². The summed E-state index contributed by atoms with van der Waals surface area (Å²) in [5, 5.41) is 7.44. The van der Waals surface area contributed by atoms with E-state index in [2.05, 4.69) is 21.5 Å². The van der Waals surface area contributed by atoms with Gasteiger partial charge < -0.3 is 0 Å². The molecule has 1 aromatic carbocycles. The smallest absolute Gasteiger partial charge is 0.275 e. The number of benzene rings is 1. The molecule has 1 amide bonds. The maximum absolute atomic E-state index is 12.1. The van der Waals surface area contributed by atoms with E-state index in [1.54, 1.807) is 24.0 Å². The maximum atomic E-state index is 12.1. The zero-order valence-corrected chi connectivity index (χ0v) is 12.3. The second-order valence-electron chi connectivity index (χ2n) is 4.69. The molecule has 2 heterocycles. The fourth-order valence-corrected chi connectivity index (χ4v) is 3.08. The summed E-state index contributed by atoms with van der Waals surface area (Å²) >= 11 is 1.50. The molecule has 0 atom stereocenters. The number of amides is 1. The van der Waals surface area contributed by atoms with Crippen molar-refractivity contribution in [2.24, 2.45) is 7.05 Å². The Bertz CT molecular complexity index is 764. The van der Waals surface area contributed by atoms with Gasteiger partial charge in [-0.05, 0) is 31.0 Å². The number of anilines is 1. The molecule has 0 aliphatic carbocycles. The molecule has 1 N–H and O–H groups in total. The normalized spacial score (nSPS) is 10.9. The lowest BCUT2D eigenvalue weighted by atomic mass is 10.1. The number of nitrogens with one attached hydrogen (secondary N) is 1. The van der Waals surface area contributed by atoms with Crippen LogP contribution in [0.4, 0.5) is 5.13 Å². The number of carbonyl (C=O) groups is 1. The van der Waals surface area contributed by atoms with Gasteiger partial charge in [-0.1, -0.05) is 23.5 Å². The van der Waals surface area contributed by atoms with E-state index in [9.17, 15) is 4.79 Å². The average Bonchev–Trinajstić information content (AvgIpc) is 3.01. The van der Waals surface area contributed by atoms with Gasteiger partial charge in [-0.2, -0.15) is 5.10 Å². The van der Waals surface area contributed by atoms with Crippen molar-refractivity contribution in [2.45, 2.75) is 13.8 Å². The van der Waals surface area contributed by atoms with E-state index in [1.165, 1.54) is 16.9 Å². The summed E-state index contributed by atoms with van der Waals surface area (Å²) in [6.45, 7) is 4.07. The Kier molecular flexibility index (Phi) is 3.02. The van der Waals surface area contributed by atoms with E-state index < -0.39 is 0 Å². The Balaban J connectivity index is 1.96. The quantitative estimate of drug-likeness (QED) is 0.788. The van der Waals surface area contributed by atoms with E-state index in [1.807, 2.05) is 19.9 Å². The van der Waals surface area contributed by atoms with Crippen molar-refractivity contribution in [3.05, 3.63) is 41.2 Å². The summed E-state index contributed by atoms with van der Waals surface area (Å²) in [6.07, 6.45) is 1.60. The minimum atomic E-state index is -0.195. The molecular formula is C14H14N4OS. The Morgan fingerprint density at radius 3 is 2.65 bits per heavy atom. The van der Waals surface area contributed by atoms with E-state index in [-0.39, 0.29) is 5.91 Å². The van der Waals surface area contributed by atoms with Crippen LogP contribution in [0.3, 0.4) is 0 Å². The standard InChI is InChI=1S/C14H14N4OS/c1-8-4-5-9(2)12-11(8)16-14(20-12)17-13(19)10-6-7-15-18(10)3/h4-7H,1-3H3,(H,16,17,19). The predicted octanol–water partition coefficient (Wildman–Crippen LogP) is 2.90. The molecule has 20 heavy (non-hydrogen) atoms. The van der Waals surface area contributed by atoms with Gasteiger partial charge in [0.05, 0.1) is 10.2 Å². The largest absolute Gasteiger partial charge is 0.296 e. The molecule has 0 aliphatic heterocycles. The SMILES string of the molecule is Cc1ccc(C)c2sc(NC(=O)c3ccnn3C)nc12. The van der Waals surface area contributed by atoms with Gasteiger partial charge in [0, 0.05) is 13.2 Å². The van der Waals surface area contributed by atoms with Gasteiger partial charge in [0.15, 0.2) is 5.13 Å². The molecule has 102 valence electrons. The van der Waals surface area contributed by atoms with E-state index >= 15 is 0 Å². The first-order valence-electron chi connectivity index (χ1n) is 6.22. The minimum absolute atomic E-state index is 0.195. The van der Waals surface area contributed by atoms with Gasteiger partial charge >= 0.3 is 0 Å². The summed E-state index contributed by atoms with van der Waals surface area (Å²) in [5.74, 6) is -0.195. The Morgan fingerprint density at radius 2 is 2.00 bits per heavy atom. The van der Waals surface area contributed by atoms with Crippen molar-refractivity contribution in [3.8, 4) is 0 Å². The van der Waals surface area contributed by atoms with Crippen LogP contribution in [0, 0.1) is 13.8 Å². The molecule has 2 aromatic heterocycles. The van der Waals surface area contributed by atoms with Crippen molar-refractivity contribution in [1.82, 2.24) is 14.8 Å². The predicted molar refractivity (Wildman–Crippen MR) is 80.3 cm³/mol. The summed E-state index contributed by atoms with van der Waals surface area (Å²) in [5.41, 5.74) is 3.75. The van der Waals surface area contributed by atoms with Crippen molar-refractivity contribution in [2.75, 3.05) is 5.32 Å². The number of carbonyl (C=O) groups excluding carboxylic acids is 1. The molecule has 3 rings (SSSR count). The monoisotopic (exact) mass is 286 g/mol. The van der Waals surface area contributed by atoms with Gasteiger partial charge in [0.2, 0.25) is 0 Å². The molecule has 0 radical (unpaired) electrons. The van der Waals surface area contributed by atoms with Gasteiger partial charge in [0.25, 0.3) is 5.91 Å². The lowest BCUT2D eigenvalue weighted by Crippen LogP contribution is -2.15. The van der Waals surface area contributed by atoms with E-state index in [0.29, 0.717) is 10.8 Å². The van der Waals surface area contributed by atoms with Gasteiger partial charge in [-0.15, -0.1) is 0 Å². The fourth-order valence-electron chi connectivity index (χ4n) is 2.07. The number of thiazole rings is 1. The molecule has 3 aromatic rings. The molecule has 0 saturated heterocycles. The highest BCUT2D eigenvalue weighted by molar-refractivity contribution is 7.22. The minimum Gasteiger partial charge on any atom is -0.296 e. The molecule has 0 fully saturated rings. The molecule has 0 bridgehead atoms. The van der Waals surface area contributed by atoms with E-state index in [4.69, 9.17) is 0 Å². The lowest BCUT2D eigenvalue weighted by Gasteiger charge is -2.00. The molecule has 0 saturated carbocycles. The fraction of sp³-hybridized carbons (Fsp3) is 0.214. The third-order valence-corrected chi connectivity index (χ3v) is 4.32. The number of hydrogen-bond acceptors (Lipinski definition) is 4. The summed E-state index contributed by atoms with van der Waals surface area (Å²) in [6, 6.07) is 5.80.